The van der Waals surface area contributed by atoms with E-state index >= 15 is 0 Å². The van der Waals surface area contributed by atoms with Crippen molar-refractivity contribution < 1.29 is 10.3 Å². The number of thiocarbonyl (C=S) groups is 1. The molecule has 0 saturated carbocycles. The Labute approximate surface area is 168 Å². The van der Waals surface area contributed by atoms with Gasteiger partial charge in [-0.15, -0.1) is 11.3 Å². The van der Waals surface area contributed by atoms with Gasteiger partial charge in [-0.3, -0.25) is 4.79 Å². The first-order valence-electron chi connectivity index (χ1n) is 8.50. The average Bonchev–Trinajstić information content (AvgIpc) is 3.00. The van der Waals surface area contributed by atoms with Crippen LogP contribution in [0.5, 0.6) is 0 Å². The number of hydrogen-bond acceptors (Lipinski definition) is 4. The van der Waals surface area contributed by atoms with Crippen LogP contribution in [0.15, 0.2) is 42.5 Å². The highest BCUT2D eigenvalue weighted by molar-refractivity contribution is 7.80. The molecule has 1 heterocycles. The molecule has 0 radical (unpaired) electrons. The van der Waals surface area contributed by atoms with Gasteiger partial charge >= 0.3 is 0 Å². The first-order valence-corrected chi connectivity index (χ1v) is 9.72. The maximum Gasteiger partial charge on any atom is 0.226 e. The number of anilines is 1. The number of hydrogen-bond donors (Lipinski definition) is 2. The van der Waals surface area contributed by atoms with Gasteiger partial charge in [-0.25, -0.2) is 4.98 Å². The zero-order valence-electron chi connectivity index (χ0n) is 15.5. The molecule has 0 atom stereocenters. The smallest absolute Gasteiger partial charge is 0.226 e. The van der Waals surface area contributed by atoms with E-state index in [1.54, 1.807) is 11.3 Å². The second-order valence-electron chi connectivity index (χ2n) is 6.62. The largest absolute Gasteiger partial charge is 0.412 e. The number of nitrogens with zero attached hydrogens (tertiary/aromatic N) is 1. The van der Waals surface area contributed by atoms with Gasteiger partial charge in [0.1, 0.15) is 5.01 Å². The molecular weight excluding hydrogens is 378 g/mol. The number of carbonyl (C=O) groups is 1. The average molecular weight is 402 g/mol. The molecule has 27 heavy (non-hydrogen) atoms. The number of benzene rings is 2. The molecule has 5 nitrogen and oxygen atoms in total. The Hall–Kier alpha value is -2.35. The second kappa shape index (κ2) is 9.03. The highest BCUT2D eigenvalue weighted by Gasteiger charge is 2.11. The molecule has 0 spiro atoms. The number of fused-ring (bicyclic) bond motifs is 1. The van der Waals surface area contributed by atoms with E-state index < -0.39 is 0 Å². The molecule has 0 aliphatic carbocycles. The molecule has 2 aromatic carbocycles. The quantitative estimate of drug-likeness (QED) is 0.638. The molecule has 4 N–H and O–H groups in total. The Morgan fingerprint density at radius 3 is 2.67 bits per heavy atom. The van der Waals surface area contributed by atoms with Gasteiger partial charge in [-0.2, -0.15) is 0 Å². The topological polar surface area (TPSA) is 85.5 Å². The SMILES string of the molecule is Cc1ccc(-c2nc3ccccc3s2)cc1NC(=S)NC(=O)CC(C)C.O. The first-order chi connectivity index (χ1) is 12.4. The summed E-state index contributed by atoms with van der Waals surface area (Å²) < 4.78 is 1.16. The number of amides is 1. The lowest BCUT2D eigenvalue weighted by Crippen LogP contribution is -2.34. The molecule has 0 aliphatic heterocycles. The van der Waals surface area contributed by atoms with Crippen molar-refractivity contribution in [3.05, 3.63) is 48.0 Å². The fraction of sp³-hybridized carbons (Fsp3) is 0.250. The molecular formula is C20H23N3O2S2. The molecule has 0 saturated heterocycles. The van der Waals surface area contributed by atoms with E-state index in [2.05, 4.69) is 22.8 Å². The second-order valence-corrected chi connectivity index (χ2v) is 8.06. The minimum Gasteiger partial charge on any atom is -0.412 e. The van der Waals surface area contributed by atoms with Gasteiger partial charge < -0.3 is 16.1 Å². The van der Waals surface area contributed by atoms with Crippen LogP contribution in [0.3, 0.4) is 0 Å². The number of rotatable bonds is 4. The van der Waals surface area contributed by atoms with E-state index in [1.807, 2.05) is 51.1 Å². The molecule has 3 aromatic rings. The van der Waals surface area contributed by atoms with Crippen LogP contribution in [0.25, 0.3) is 20.8 Å². The minimum absolute atomic E-state index is 0. The van der Waals surface area contributed by atoms with Crippen LogP contribution in [0, 0.1) is 12.8 Å². The summed E-state index contributed by atoms with van der Waals surface area (Å²) in [5.41, 5.74) is 3.95. The lowest BCUT2D eigenvalue weighted by molar-refractivity contribution is -0.120. The van der Waals surface area contributed by atoms with Crippen molar-refractivity contribution >= 4 is 50.5 Å². The van der Waals surface area contributed by atoms with Crippen LogP contribution in [-0.4, -0.2) is 21.5 Å². The highest BCUT2D eigenvalue weighted by Crippen LogP contribution is 2.32. The van der Waals surface area contributed by atoms with E-state index in [-0.39, 0.29) is 11.4 Å². The van der Waals surface area contributed by atoms with Crippen molar-refractivity contribution in [3.8, 4) is 10.6 Å². The van der Waals surface area contributed by atoms with Gasteiger partial charge in [0, 0.05) is 17.7 Å². The minimum atomic E-state index is -0.0718. The van der Waals surface area contributed by atoms with E-state index in [1.165, 1.54) is 0 Å². The third kappa shape index (κ3) is 5.32. The van der Waals surface area contributed by atoms with Crippen LogP contribution in [0.2, 0.25) is 0 Å². The highest BCUT2D eigenvalue weighted by atomic mass is 32.1. The third-order valence-electron chi connectivity index (χ3n) is 3.87. The zero-order valence-corrected chi connectivity index (χ0v) is 17.1. The third-order valence-corrected chi connectivity index (χ3v) is 5.16. The fourth-order valence-electron chi connectivity index (χ4n) is 2.59. The number of aryl methyl sites for hydroxylation is 1. The van der Waals surface area contributed by atoms with Gasteiger partial charge in [0.2, 0.25) is 5.91 Å². The van der Waals surface area contributed by atoms with Crippen LogP contribution >= 0.6 is 23.6 Å². The predicted octanol–water partition coefficient (Wildman–Crippen LogP) is 4.31. The Morgan fingerprint density at radius 1 is 1.22 bits per heavy atom. The summed E-state index contributed by atoms with van der Waals surface area (Å²) in [5.74, 6) is 0.222. The number of para-hydroxylation sites is 1. The molecule has 1 amide bonds. The summed E-state index contributed by atoms with van der Waals surface area (Å²) in [6, 6.07) is 14.2. The van der Waals surface area contributed by atoms with E-state index in [4.69, 9.17) is 17.2 Å². The standard InChI is InChI=1S/C20H21N3OS2.H2O/c1-12(2)10-18(24)23-20(25)22-16-11-14(9-8-13(16)3)19-21-15-6-4-5-7-17(15)26-19;/h4-9,11-12H,10H2,1-3H3,(H2,22,23,24,25);1H2. The number of thiazole rings is 1. The Bertz CT molecular complexity index is 934. The van der Waals surface area contributed by atoms with Crippen LogP contribution in [0.4, 0.5) is 5.69 Å². The molecule has 3 rings (SSSR count). The zero-order chi connectivity index (χ0) is 18.7. The predicted molar refractivity (Wildman–Crippen MR) is 117 cm³/mol. The number of aromatic nitrogens is 1. The summed E-state index contributed by atoms with van der Waals surface area (Å²) in [5, 5.41) is 7.15. The summed E-state index contributed by atoms with van der Waals surface area (Å²) in [6.45, 7) is 6.01. The van der Waals surface area contributed by atoms with E-state index in [0.717, 1.165) is 32.0 Å². The Balaban J connectivity index is 0.00000261. The van der Waals surface area contributed by atoms with Crippen molar-refractivity contribution in [1.82, 2.24) is 10.3 Å². The summed E-state index contributed by atoms with van der Waals surface area (Å²) in [7, 11) is 0. The molecule has 0 unspecified atom stereocenters. The van der Waals surface area contributed by atoms with Crippen molar-refractivity contribution in [3.63, 3.8) is 0 Å². The maximum absolute atomic E-state index is 11.9. The van der Waals surface area contributed by atoms with Crippen LogP contribution in [-0.2, 0) is 4.79 Å². The number of carbonyl (C=O) groups excluding carboxylic acids is 1. The van der Waals surface area contributed by atoms with Gasteiger partial charge in [0.15, 0.2) is 5.11 Å². The van der Waals surface area contributed by atoms with E-state index in [0.29, 0.717) is 17.5 Å². The molecule has 1 aromatic heterocycles. The van der Waals surface area contributed by atoms with E-state index in [9.17, 15) is 4.79 Å². The van der Waals surface area contributed by atoms with Crippen molar-refractivity contribution in [2.45, 2.75) is 27.2 Å². The fourth-order valence-corrected chi connectivity index (χ4v) is 3.77. The lowest BCUT2D eigenvalue weighted by atomic mass is 10.1. The van der Waals surface area contributed by atoms with Crippen LogP contribution < -0.4 is 10.6 Å². The van der Waals surface area contributed by atoms with Crippen molar-refractivity contribution in [1.29, 1.82) is 0 Å². The first kappa shape index (κ1) is 21.0. The summed E-state index contributed by atoms with van der Waals surface area (Å²) >= 11 is 6.94. The molecule has 0 aliphatic rings. The summed E-state index contributed by atoms with van der Waals surface area (Å²) in [6.07, 6.45) is 0.451. The molecule has 0 bridgehead atoms. The lowest BCUT2D eigenvalue weighted by Gasteiger charge is -2.13. The normalized spacial score (nSPS) is 10.5. The Morgan fingerprint density at radius 2 is 1.96 bits per heavy atom. The van der Waals surface area contributed by atoms with Gasteiger partial charge in [-0.1, -0.05) is 38.1 Å². The van der Waals surface area contributed by atoms with Crippen molar-refractivity contribution in [2.75, 3.05) is 5.32 Å². The maximum atomic E-state index is 11.9. The van der Waals surface area contributed by atoms with Gasteiger partial charge in [0.25, 0.3) is 0 Å². The number of nitrogens with one attached hydrogen (secondary N) is 2. The molecule has 142 valence electrons. The monoisotopic (exact) mass is 401 g/mol. The molecule has 0 fully saturated rings. The van der Waals surface area contributed by atoms with Crippen molar-refractivity contribution in [2.24, 2.45) is 5.92 Å². The van der Waals surface area contributed by atoms with Gasteiger partial charge in [-0.05, 0) is 48.8 Å². The van der Waals surface area contributed by atoms with Gasteiger partial charge in [0.05, 0.1) is 10.2 Å². The Kier molecular flexibility index (Phi) is 7.01. The summed E-state index contributed by atoms with van der Waals surface area (Å²) in [4.78, 5) is 16.6. The molecule has 7 heteroatoms. The van der Waals surface area contributed by atoms with Crippen LogP contribution in [0.1, 0.15) is 25.8 Å².